The van der Waals surface area contributed by atoms with Crippen molar-refractivity contribution in [1.29, 1.82) is 0 Å². The molecular weight excluding hydrogens is 471 g/mol. The maximum atomic E-state index is 13.9. The Bertz CT molecular complexity index is 1200. The van der Waals surface area contributed by atoms with Crippen molar-refractivity contribution >= 4 is 28.8 Å². The van der Waals surface area contributed by atoms with E-state index in [1.54, 1.807) is 23.6 Å². The Morgan fingerprint density at radius 2 is 1.85 bits per heavy atom. The van der Waals surface area contributed by atoms with Crippen molar-refractivity contribution in [2.75, 3.05) is 32.6 Å². The van der Waals surface area contributed by atoms with Crippen molar-refractivity contribution in [2.45, 2.75) is 13.3 Å². The number of benzene rings is 2. The summed E-state index contributed by atoms with van der Waals surface area (Å²) in [5, 5.41) is 4.25. The average Bonchev–Trinajstić information content (AvgIpc) is 3.33. The summed E-state index contributed by atoms with van der Waals surface area (Å²) in [6.45, 7) is 1.61. The molecule has 3 rings (SSSR count). The lowest BCUT2D eigenvalue weighted by atomic mass is 10.2. The zero-order valence-corrected chi connectivity index (χ0v) is 19.5. The minimum absolute atomic E-state index is 0.116. The van der Waals surface area contributed by atoms with E-state index in [0.717, 1.165) is 6.07 Å². The Kier molecular flexibility index (Phi) is 8.11. The quantitative estimate of drug-likeness (QED) is 0.436. The molecule has 0 spiro atoms. The molecule has 180 valence electrons. The predicted octanol–water partition coefficient (Wildman–Crippen LogP) is 4.74. The molecule has 2 amide bonds. The number of nitrogens with zero attached hydrogens (tertiary/aromatic N) is 2. The summed E-state index contributed by atoms with van der Waals surface area (Å²) in [6.07, 6.45) is 0.541. The summed E-state index contributed by atoms with van der Waals surface area (Å²) in [5.41, 5.74) is 0.235. The second-order valence-electron chi connectivity index (χ2n) is 7.08. The van der Waals surface area contributed by atoms with Gasteiger partial charge in [-0.05, 0) is 30.7 Å². The van der Waals surface area contributed by atoms with Crippen LogP contribution in [0.2, 0.25) is 0 Å². The molecule has 0 aliphatic rings. The van der Waals surface area contributed by atoms with Crippen LogP contribution in [-0.2, 0) is 4.79 Å². The molecule has 1 heterocycles. The number of halogens is 3. The van der Waals surface area contributed by atoms with Crippen molar-refractivity contribution in [1.82, 2.24) is 9.88 Å². The zero-order chi connectivity index (χ0) is 24.8. The van der Waals surface area contributed by atoms with E-state index >= 15 is 0 Å². The van der Waals surface area contributed by atoms with Gasteiger partial charge in [0.05, 0.1) is 25.5 Å². The highest BCUT2D eigenvalue weighted by Crippen LogP contribution is 2.39. The van der Waals surface area contributed by atoms with Crippen molar-refractivity contribution in [3.8, 4) is 22.1 Å². The number of rotatable bonds is 9. The molecule has 1 N–H and O–H groups in total. The summed E-state index contributed by atoms with van der Waals surface area (Å²) < 4.78 is 51.1. The molecule has 2 aromatic carbocycles. The van der Waals surface area contributed by atoms with Crippen molar-refractivity contribution in [2.24, 2.45) is 0 Å². The fraction of sp³-hybridized carbons (Fsp3) is 0.261. The van der Waals surface area contributed by atoms with Crippen LogP contribution in [0.1, 0.15) is 23.8 Å². The number of para-hydroxylation sites is 1. The highest BCUT2D eigenvalue weighted by Gasteiger charge is 2.23. The highest BCUT2D eigenvalue weighted by atomic mass is 32.1. The molecule has 0 atom stereocenters. The van der Waals surface area contributed by atoms with Gasteiger partial charge in [0.15, 0.2) is 29.0 Å². The molecule has 0 saturated carbocycles. The van der Waals surface area contributed by atoms with Crippen LogP contribution in [-0.4, -0.2) is 49.0 Å². The Morgan fingerprint density at radius 3 is 2.53 bits per heavy atom. The Balaban J connectivity index is 1.79. The second-order valence-corrected chi connectivity index (χ2v) is 7.93. The number of hydrogen-bond donors (Lipinski definition) is 1. The molecule has 0 fully saturated rings. The molecule has 11 heteroatoms. The third-order valence-corrected chi connectivity index (χ3v) is 5.66. The van der Waals surface area contributed by atoms with Crippen LogP contribution >= 0.6 is 11.3 Å². The summed E-state index contributed by atoms with van der Waals surface area (Å²) in [4.78, 5) is 31.1. The standard InChI is InChI=1S/C23H22F3N3O4S/c1-4-10-29(11-18(30)27-15-9-8-14(24)19(25)20(15)26)23(31)16-12-34-22(28-16)13-6-5-7-17(32-2)21(13)33-3/h5-9,12H,4,10-11H2,1-3H3,(H,27,30). The molecular formula is C23H22F3N3O4S. The van der Waals surface area contributed by atoms with Crippen molar-refractivity contribution < 1.29 is 32.2 Å². The first kappa shape index (κ1) is 25.0. The van der Waals surface area contributed by atoms with E-state index in [-0.39, 0.29) is 12.2 Å². The van der Waals surface area contributed by atoms with Gasteiger partial charge in [-0.2, -0.15) is 0 Å². The van der Waals surface area contributed by atoms with Gasteiger partial charge < -0.3 is 19.7 Å². The fourth-order valence-electron chi connectivity index (χ4n) is 3.22. The first-order valence-corrected chi connectivity index (χ1v) is 11.1. The first-order valence-electron chi connectivity index (χ1n) is 10.2. The predicted molar refractivity (Wildman–Crippen MR) is 122 cm³/mol. The summed E-state index contributed by atoms with van der Waals surface area (Å²) in [7, 11) is 3.01. The molecule has 1 aromatic heterocycles. The molecule has 0 radical (unpaired) electrons. The summed E-state index contributed by atoms with van der Waals surface area (Å²) in [5.74, 6) is -4.87. The van der Waals surface area contributed by atoms with Gasteiger partial charge in [-0.25, -0.2) is 18.2 Å². The average molecular weight is 494 g/mol. The van der Waals surface area contributed by atoms with Gasteiger partial charge in [0.25, 0.3) is 5.91 Å². The van der Waals surface area contributed by atoms with Crippen LogP contribution in [0.25, 0.3) is 10.6 Å². The van der Waals surface area contributed by atoms with Gasteiger partial charge in [0.2, 0.25) is 5.91 Å². The second kappa shape index (κ2) is 11.0. The molecule has 0 aliphatic heterocycles. The molecule has 34 heavy (non-hydrogen) atoms. The van der Waals surface area contributed by atoms with E-state index in [1.807, 2.05) is 6.92 Å². The van der Waals surface area contributed by atoms with Crippen LogP contribution in [0, 0.1) is 17.5 Å². The van der Waals surface area contributed by atoms with Gasteiger partial charge >= 0.3 is 0 Å². The fourth-order valence-corrected chi connectivity index (χ4v) is 4.04. The molecule has 0 saturated heterocycles. The lowest BCUT2D eigenvalue weighted by molar-refractivity contribution is -0.116. The number of nitrogens with one attached hydrogen (secondary N) is 1. The number of anilines is 1. The van der Waals surface area contributed by atoms with Crippen LogP contribution in [0.3, 0.4) is 0 Å². The third kappa shape index (κ3) is 5.30. The zero-order valence-electron chi connectivity index (χ0n) is 18.7. The van der Waals surface area contributed by atoms with Gasteiger partial charge in [0, 0.05) is 11.9 Å². The van der Waals surface area contributed by atoms with Crippen LogP contribution in [0.5, 0.6) is 11.5 Å². The Morgan fingerprint density at radius 1 is 1.09 bits per heavy atom. The van der Waals surface area contributed by atoms with Crippen LogP contribution in [0.15, 0.2) is 35.7 Å². The van der Waals surface area contributed by atoms with E-state index in [0.29, 0.717) is 34.6 Å². The lowest BCUT2D eigenvalue weighted by Crippen LogP contribution is -2.38. The lowest BCUT2D eigenvalue weighted by Gasteiger charge is -2.20. The number of aromatic nitrogens is 1. The van der Waals surface area contributed by atoms with E-state index < -0.39 is 41.5 Å². The van der Waals surface area contributed by atoms with Gasteiger partial charge in [-0.3, -0.25) is 9.59 Å². The van der Waals surface area contributed by atoms with E-state index in [4.69, 9.17) is 9.47 Å². The van der Waals surface area contributed by atoms with Gasteiger partial charge in [-0.15, -0.1) is 11.3 Å². The number of hydrogen-bond acceptors (Lipinski definition) is 6. The van der Waals surface area contributed by atoms with E-state index in [9.17, 15) is 22.8 Å². The maximum Gasteiger partial charge on any atom is 0.273 e. The minimum atomic E-state index is -1.69. The number of carbonyl (C=O) groups is 2. The number of ether oxygens (including phenoxy) is 2. The molecule has 3 aromatic rings. The summed E-state index contributed by atoms with van der Waals surface area (Å²) >= 11 is 1.22. The van der Waals surface area contributed by atoms with Crippen molar-refractivity contribution in [3.63, 3.8) is 0 Å². The third-order valence-electron chi connectivity index (χ3n) is 4.78. The molecule has 7 nitrogen and oxygen atoms in total. The van der Waals surface area contributed by atoms with E-state index in [2.05, 4.69) is 10.3 Å². The van der Waals surface area contributed by atoms with Gasteiger partial charge in [-0.1, -0.05) is 13.0 Å². The number of amides is 2. The minimum Gasteiger partial charge on any atom is -0.493 e. The number of methoxy groups -OCH3 is 2. The van der Waals surface area contributed by atoms with Crippen LogP contribution in [0.4, 0.5) is 18.9 Å². The first-order chi connectivity index (χ1) is 16.3. The van der Waals surface area contributed by atoms with Crippen molar-refractivity contribution in [3.05, 3.63) is 58.9 Å². The largest absolute Gasteiger partial charge is 0.493 e. The topological polar surface area (TPSA) is 80.8 Å². The number of thiazole rings is 1. The summed E-state index contributed by atoms with van der Waals surface area (Å²) in [6, 6.07) is 6.89. The maximum absolute atomic E-state index is 13.9. The van der Waals surface area contributed by atoms with Crippen LogP contribution < -0.4 is 14.8 Å². The number of carbonyl (C=O) groups excluding carboxylic acids is 2. The highest BCUT2D eigenvalue weighted by molar-refractivity contribution is 7.13. The Hall–Kier alpha value is -3.60. The smallest absolute Gasteiger partial charge is 0.273 e. The Labute approximate surface area is 198 Å². The van der Waals surface area contributed by atoms with E-state index in [1.165, 1.54) is 30.5 Å². The normalized spacial score (nSPS) is 10.6. The molecule has 0 aliphatic carbocycles. The van der Waals surface area contributed by atoms with Gasteiger partial charge in [0.1, 0.15) is 17.2 Å². The molecule has 0 unspecified atom stereocenters. The SMILES string of the molecule is CCCN(CC(=O)Nc1ccc(F)c(F)c1F)C(=O)c1csc(-c2cccc(OC)c2OC)n1. The molecule has 0 bridgehead atoms. The monoisotopic (exact) mass is 493 g/mol.